The van der Waals surface area contributed by atoms with Gasteiger partial charge in [0.15, 0.2) is 11.5 Å². The van der Waals surface area contributed by atoms with E-state index in [2.05, 4.69) is 0 Å². The number of aliphatic carboxylic acids is 1. The fourth-order valence-electron chi connectivity index (χ4n) is 2.75. The smallest absolute Gasteiger partial charge is 0.306 e. The molecular formula is C16H19NO6. The van der Waals surface area contributed by atoms with Crippen LogP contribution in [0.3, 0.4) is 0 Å². The van der Waals surface area contributed by atoms with E-state index in [0.29, 0.717) is 44.4 Å². The molecule has 0 radical (unpaired) electrons. The van der Waals surface area contributed by atoms with E-state index < -0.39 is 12.1 Å². The van der Waals surface area contributed by atoms with Crippen LogP contribution in [0, 0.1) is 0 Å². The van der Waals surface area contributed by atoms with Gasteiger partial charge >= 0.3 is 5.97 Å². The molecule has 2 aliphatic heterocycles. The quantitative estimate of drug-likeness (QED) is 0.879. The number of hydrogen-bond donors (Lipinski definition) is 1. The van der Waals surface area contributed by atoms with E-state index in [9.17, 15) is 9.59 Å². The van der Waals surface area contributed by atoms with Gasteiger partial charge in [-0.25, -0.2) is 0 Å². The third kappa shape index (κ3) is 3.92. The Balaban J connectivity index is 1.61. The summed E-state index contributed by atoms with van der Waals surface area (Å²) < 4.78 is 16.4. The van der Waals surface area contributed by atoms with Gasteiger partial charge in [-0.15, -0.1) is 0 Å². The highest BCUT2D eigenvalue weighted by atomic mass is 16.6. The van der Waals surface area contributed by atoms with Crippen LogP contribution in [0.25, 0.3) is 0 Å². The molecule has 2 heterocycles. The maximum atomic E-state index is 12.4. The molecule has 1 aromatic rings. The molecule has 0 spiro atoms. The Morgan fingerprint density at radius 3 is 2.74 bits per heavy atom. The number of carboxylic acids is 1. The largest absolute Gasteiger partial charge is 0.486 e. The Morgan fingerprint density at radius 1 is 1.17 bits per heavy atom. The van der Waals surface area contributed by atoms with E-state index in [-0.39, 0.29) is 18.7 Å². The maximum Gasteiger partial charge on any atom is 0.306 e. The van der Waals surface area contributed by atoms with Crippen molar-refractivity contribution in [3.05, 3.63) is 23.8 Å². The molecule has 1 fully saturated rings. The molecule has 124 valence electrons. The summed E-state index contributed by atoms with van der Waals surface area (Å²) in [4.78, 5) is 24.8. The Labute approximate surface area is 133 Å². The summed E-state index contributed by atoms with van der Waals surface area (Å²) >= 11 is 0. The van der Waals surface area contributed by atoms with Gasteiger partial charge in [0.1, 0.15) is 13.2 Å². The van der Waals surface area contributed by atoms with Crippen LogP contribution in [0.4, 0.5) is 0 Å². The van der Waals surface area contributed by atoms with Gasteiger partial charge in [-0.1, -0.05) is 6.07 Å². The zero-order valence-corrected chi connectivity index (χ0v) is 12.7. The van der Waals surface area contributed by atoms with Crippen molar-refractivity contribution >= 4 is 11.9 Å². The molecule has 0 aromatic heterocycles. The molecule has 7 heteroatoms. The summed E-state index contributed by atoms with van der Waals surface area (Å²) in [6, 6.07) is 5.48. The summed E-state index contributed by atoms with van der Waals surface area (Å²) in [7, 11) is 0. The van der Waals surface area contributed by atoms with Crippen LogP contribution in [-0.2, 0) is 20.7 Å². The van der Waals surface area contributed by atoms with Crippen LogP contribution in [0.5, 0.6) is 11.5 Å². The van der Waals surface area contributed by atoms with Gasteiger partial charge in [-0.2, -0.15) is 0 Å². The minimum absolute atomic E-state index is 0.0413. The Hall–Kier alpha value is -2.28. The maximum absolute atomic E-state index is 12.4. The molecule has 1 atom stereocenters. The molecule has 3 rings (SSSR count). The van der Waals surface area contributed by atoms with E-state index in [4.69, 9.17) is 19.3 Å². The topological polar surface area (TPSA) is 85.3 Å². The molecule has 1 saturated heterocycles. The molecule has 2 aliphatic rings. The molecule has 7 nitrogen and oxygen atoms in total. The molecule has 0 unspecified atom stereocenters. The number of benzene rings is 1. The number of carbonyl (C=O) groups excluding carboxylic acids is 1. The number of ether oxygens (including phenoxy) is 3. The zero-order chi connectivity index (χ0) is 16.2. The molecule has 1 amide bonds. The van der Waals surface area contributed by atoms with Crippen LogP contribution >= 0.6 is 0 Å². The van der Waals surface area contributed by atoms with E-state index in [1.165, 1.54) is 0 Å². The van der Waals surface area contributed by atoms with Gasteiger partial charge in [0.2, 0.25) is 5.91 Å². The summed E-state index contributed by atoms with van der Waals surface area (Å²) in [5.74, 6) is 0.393. The lowest BCUT2D eigenvalue weighted by Gasteiger charge is -2.32. The fraction of sp³-hybridized carbons (Fsp3) is 0.500. The van der Waals surface area contributed by atoms with Gasteiger partial charge in [-0.05, 0) is 17.7 Å². The second-order valence-electron chi connectivity index (χ2n) is 5.59. The summed E-state index contributed by atoms with van der Waals surface area (Å²) in [5, 5.41) is 8.83. The third-order valence-electron chi connectivity index (χ3n) is 3.86. The predicted molar refractivity (Wildman–Crippen MR) is 79.7 cm³/mol. The SMILES string of the molecule is O=C(O)C[C@H]1CN(C(=O)Cc2ccc3c(c2)OCCO3)CCO1. The second-order valence-corrected chi connectivity index (χ2v) is 5.59. The van der Waals surface area contributed by atoms with Gasteiger partial charge < -0.3 is 24.2 Å². The molecule has 0 bridgehead atoms. The Kier molecular flexibility index (Phi) is 4.66. The average molecular weight is 321 g/mol. The zero-order valence-electron chi connectivity index (χ0n) is 12.7. The lowest BCUT2D eigenvalue weighted by molar-refractivity contribution is -0.147. The highest BCUT2D eigenvalue weighted by Crippen LogP contribution is 2.31. The molecule has 1 N–H and O–H groups in total. The predicted octanol–water partition coefficient (Wildman–Crippen LogP) is 0.702. The normalized spacial score (nSPS) is 20.2. The van der Waals surface area contributed by atoms with E-state index in [1.54, 1.807) is 4.90 Å². The van der Waals surface area contributed by atoms with Crippen LogP contribution in [-0.4, -0.2) is 60.9 Å². The average Bonchev–Trinajstić information content (AvgIpc) is 2.54. The van der Waals surface area contributed by atoms with Gasteiger partial charge in [0.05, 0.1) is 25.6 Å². The third-order valence-corrected chi connectivity index (χ3v) is 3.86. The van der Waals surface area contributed by atoms with Crippen molar-refractivity contribution < 1.29 is 28.9 Å². The highest BCUT2D eigenvalue weighted by molar-refractivity contribution is 5.79. The highest BCUT2D eigenvalue weighted by Gasteiger charge is 2.26. The minimum atomic E-state index is -0.920. The first-order chi connectivity index (χ1) is 11.1. The van der Waals surface area contributed by atoms with E-state index >= 15 is 0 Å². The first-order valence-electron chi connectivity index (χ1n) is 7.61. The Bertz CT molecular complexity index is 602. The second kappa shape index (κ2) is 6.87. The number of carbonyl (C=O) groups is 2. The van der Waals surface area contributed by atoms with Gasteiger partial charge in [0.25, 0.3) is 0 Å². The number of amides is 1. The van der Waals surface area contributed by atoms with Crippen molar-refractivity contribution in [1.29, 1.82) is 0 Å². The molecule has 0 saturated carbocycles. The number of hydrogen-bond acceptors (Lipinski definition) is 5. The van der Waals surface area contributed by atoms with Crippen molar-refractivity contribution in [2.24, 2.45) is 0 Å². The van der Waals surface area contributed by atoms with Crippen molar-refractivity contribution in [2.45, 2.75) is 18.9 Å². The van der Waals surface area contributed by atoms with E-state index in [0.717, 1.165) is 5.56 Å². The van der Waals surface area contributed by atoms with Crippen molar-refractivity contribution in [2.75, 3.05) is 32.9 Å². The van der Waals surface area contributed by atoms with Gasteiger partial charge in [-0.3, -0.25) is 9.59 Å². The standard InChI is InChI=1S/C16H19NO6/c18-15(17-3-4-21-12(10-17)9-16(19)20)8-11-1-2-13-14(7-11)23-6-5-22-13/h1-2,7,12H,3-6,8-10H2,(H,19,20)/t12-/m0/s1. The first-order valence-corrected chi connectivity index (χ1v) is 7.61. The van der Waals surface area contributed by atoms with Crippen molar-refractivity contribution in [3.8, 4) is 11.5 Å². The molecule has 1 aromatic carbocycles. The summed E-state index contributed by atoms with van der Waals surface area (Å²) in [5.41, 5.74) is 0.848. The number of nitrogens with zero attached hydrogens (tertiary/aromatic N) is 1. The summed E-state index contributed by atoms with van der Waals surface area (Å²) in [6.07, 6.45) is -0.282. The molecular weight excluding hydrogens is 302 g/mol. The van der Waals surface area contributed by atoms with Crippen molar-refractivity contribution in [3.63, 3.8) is 0 Å². The van der Waals surface area contributed by atoms with Crippen LogP contribution in [0.2, 0.25) is 0 Å². The number of carboxylic acid groups (broad SMARTS) is 1. The Morgan fingerprint density at radius 2 is 1.96 bits per heavy atom. The number of morpholine rings is 1. The lowest BCUT2D eigenvalue weighted by Crippen LogP contribution is -2.46. The van der Waals surface area contributed by atoms with Crippen LogP contribution in [0.1, 0.15) is 12.0 Å². The van der Waals surface area contributed by atoms with Crippen molar-refractivity contribution in [1.82, 2.24) is 4.90 Å². The van der Waals surface area contributed by atoms with Crippen LogP contribution < -0.4 is 9.47 Å². The molecule has 0 aliphatic carbocycles. The minimum Gasteiger partial charge on any atom is -0.486 e. The summed E-state index contributed by atoms with van der Waals surface area (Å²) in [6.45, 7) is 2.20. The molecule has 23 heavy (non-hydrogen) atoms. The fourth-order valence-corrected chi connectivity index (χ4v) is 2.75. The first kappa shape index (κ1) is 15.6. The van der Waals surface area contributed by atoms with Gasteiger partial charge in [0, 0.05) is 13.1 Å². The lowest BCUT2D eigenvalue weighted by atomic mass is 10.1. The number of rotatable bonds is 4. The number of fused-ring (bicyclic) bond motifs is 1. The van der Waals surface area contributed by atoms with Crippen LogP contribution in [0.15, 0.2) is 18.2 Å². The van der Waals surface area contributed by atoms with E-state index in [1.807, 2.05) is 18.2 Å². The monoisotopic (exact) mass is 321 g/mol.